The number of fused-ring (bicyclic) bond motifs is 1. The second kappa shape index (κ2) is 3.56. The number of aromatic nitrogens is 1. The standard InChI is InChI=1S/C14H15NO/c16-10-14(5-6-14)9-11-3-4-13-12(8-11)2-1-7-15-13/h1-4,7-8,16H,5-6,9-10H2. The van der Waals surface area contributed by atoms with Gasteiger partial charge in [-0.3, -0.25) is 4.98 Å². The molecule has 0 radical (unpaired) electrons. The summed E-state index contributed by atoms with van der Waals surface area (Å²) in [6.45, 7) is 0.318. The summed E-state index contributed by atoms with van der Waals surface area (Å²) >= 11 is 0. The molecule has 0 saturated heterocycles. The van der Waals surface area contributed by atoms with E-state index in [0.29, 0.717) is 6.61 Å². The first kappa shape index (κ1) is 9.79. The predicted octanol–water partition coefficient (Wildman–Crippen LogP) is 2.55. The fourth-order valence-corrected chi connectivity index (χ4v) is 2.24. The molecule has 2 heteroatoms. The van der Waals surface area contributed by atoms with E-state index in [1.165, 1.54) is 10.9 Å². The maximum Gasteiger partial charge on any atom is 0.0702 e. The minimum Gasteiger partial charge on any atom is -0.396 e. The molecule has 1 N–H and O–H groups in total. The molecule has 0 amide bonds. The summed E-state index contributed by atoms with van der Waals surface area (Å²) in [6, 6.07) is 10.4. The summed E-state index contributed by atoms with van der Waals surface area (Å²) < 4.78 is 0. The Hall–Kier alpha value is -1.41. The molecule has 1 aliphatic rings. The van der Waals surface area contributed by atoms with Crippen molar-refractivity contribution < 1.29 is 5.11 Å². The third-order valence-electron chi connectivity index (χ3n) is 3.54. The average molecular weight is 213 g/mol. The highest BCUT2D eigenvalue weighted by atomic mass is 16.3. The lowest BCUT2D eigenvalue weighted by atomic mass is 9.96. The van der Waals surface area contributed by atoms with Crippen LogP contribution in [0, 0.1) is 5.41 Å². The van der Waals surface area contributed by atoms with Gasteiger partial charge in [0.1, 0.15) is 0 Å². The lowest BCUT2D eigenvalue weighted by molar-refractivity contribution is 0.211. The van der Waals surface area contributed by atoms with Crippen LogP contribution in [0.25, 0.3) is 10.9 Å². The molecule has 0 spiro atoms. The molecule has 1 heterocycles. The van der Waals surface area contributed by atoms with E-state index in [9.17, 15) is 5.11 Å². The molecule has 82 valence electrons. The fourth-order valence-electron chi connectivity index (χ4n) is 2.24. The van der Waals surface area contributed by atoms with Crippen LogP contribution in [0.4, 0.5) is 0 Å². The van der Waals surface area contributed by atoms with E-state index in [-0.39, 0.29) is 5.41 Å². The summed E-state index contributed by atoms with van der Waals surface area (Å²) in [6.07, 6.45) is 5.13. The van der Waals surface area contributed by atoms with Gasteiger partial charge in [0.05, 0.1) is 5.52 Å². The average Bonchev–Trinajstić information content (AvgIpc) is 3.09. The second-order valence-corrected chi connectivity index (χ2v) is 4.87. The lowest BCUT2D eigenvalue weighted by Crippen LogP contribution is -2.09. The summed E-state index contributed by atoms with van der Waals surface area (Å²) in [7, 11) is 0. The van der Waals surface area contributed by atoms with E-state index < -0.39 is 0 Å². The maximum absolute atomic E-state index is 9.32. The molecule has 1 aromatic heterocycles. The number of rotatable bonds is 3. The van der Waals surface area contributed by atoms with Gasteiger partial charge in [-0.1, -0.05) is 12.1 Å². The quantitative estimate of drug-likeness (QED) is 0.850. The molecule has 0 bridgehead atoms. The van der Waals surface area contributed by atoms with Crippen molar-refractivity contribution in [2.24, 2.45) is 5.41 Å². The normalized spacial score (nSPS) is 17.6. The van der Waals surface area contributed by atoms with Crippen molar-refractivity contribution in [3.63, 3.8) is 0 Å². The van der Waals surface area contributed by atoms with E-state index in [0.717, 1.165) is 24.8 Å². The summed E-state index contributed by atoms with van der Waals surface area (Å²) in [5.41, 5.74) is 2.54. The zero-order valence-electron chi connectivity index (χ0n) is 9.19. The van der Waals surface area contributed by atoms with Gasteiger partial charge in [-0.25, -0.2) is 0 Å². The Balaban J connectivity index is 1.93. The highest BCUT2D eigenvalue weighted by Gasteiger charge is 2.41. The number of hydrogen-bond acceptors (Lipinski definition) is 2. The largest absolute Gasteiger partial charge is 0.396 e. The van der Waals surface area contributed by atoms with Crippen LogP contribution in [0.5, 0.6) is 0 Å². The molecule has 2 aromatic rings. The van der Waals surface area contributed by atoms with Gasteiger partial charge in [0.2, 0.25) is 0 Å². The maximum atomic E-state index is 9.32. The van der Waals surface area contributed by atoms with Crippen LogP contribution in [0.1, 0.15) is 18.4 Å². The van der Waals surface area contributed by atoms with Gasteiger partial charge >= 0.3 is 0 Å². The third-order valence-corrected chi connectivity index (χ3v) is 3.54. The molecule has 0 atom stereocenters. The Labute approximate surface area is 94.9 Å². The van der Waals surface area contributed by atoms with Gasteiger partial charge in [-0.05, 0) is 48.4 Å². The Morgan fingerprint density at radius 2 is 2.12 bits per heavy atom. The van der Waals surface area contributed by atoms with E-state index in [4.69, 9.17) is 0 Å². The monoisotopic (exact) mass is 213 g/mol. The van der Waals surface area contributed by atoms with Crippen molar-refractivity contribution in [2.75, 3.05) is 6.61 Å². The van der Waals surface area contributed by atoms with E-state index in [1.54, 1.807) is 0 Å². The first-order chi connectivity index (χ1) is 7.81. The van der Waals surface area contributed by atoms with Crippen molar-refractivity contribution in [2.45, 2.75) is 19.3 Å². The predicted molar refractivity (Wildman–Crippen MR) is 64.2 cm³/mol. The molecule has 1 fully saturated rings. The lowest BCUT2D eigenvalue weighted by Gasteiger charge is -2.11. The Kier molecular flexibility index (Phi) is 2.18. The summed E-state index contributed by atoms with van der Waals surface area (Å²) in [5, 5.41) is 10.5. The van der Waals surface area contributed by atoms with Gasteiger partial charge in [-0.15, -0.1) is 0 Å². The highest BCUT2D eigenvalue weighted by molar-refractivity contribution is 5.78. The third kappa shape index (κ3) is 1.69. The number of nitrogens with zero attached hydrogens (tertiary/aromatic N) is 1. The van der Waals surface area contributed by atoms with Crippen LogP contribution in [0.15, 0.2) is 36.5 Å². The van der Waals surface area contributed by atoms with Gasteiger partial charge in [0.25, 0.3) is 0 Å². The number of aliphatic hydroxyl groups is 1. The number of aliphatic hydroxyl groups excluding tert-OH is 1. The summed E-state index contributed by atoms with van der Waals surface area (Å²) in [5.74, 6) is 0. The zero-order valence-corrected chi connectivity index (χ0v) is 9.19. The first-order valence-corrected chi connectivity index (χ1v) is 5.76. The van der Waals surface area contributed by atoms with Crippen LogP contribution >= 0.6 is 0 Å². The number of pyridine rings is 1. The number of benzene rings is 1. The SMILES string of the molecule is OCC1(Cc2ccc3ncccc3c2)CC1. The minimum absolute atomic E-state index is 0.190. The van der Waals surface area contributed by atoms with Crippen LogP contribution in [0.3, 0.4) is 0 Å². The van der Waals surface area contributed by atoms with Gasteiger partial charge in [0, 0.05) is 18.2 Å². The zero-order chi connectivity index (χ0) is 11.0. The molecule has 3 rings (SSSR count). The van der Waals surface area contributed by atoms with Crippen molar-refractivity contribution >= 4 is 10.9 Å². The highest BCUT2D eigenvalue weighted by Crippen LogP contribution is 2.47. The molecular weight excluding hydrogens is 198 g/mol. The number of hydrogen-bond donors (Lipinski definition) is 1. The smallest absolute Gasteiger partial charge is 0.0702 e. The van der Waals surface area contributed by atoms with Crippen molar-refractivity contribution in [1.29, 1.82) is 0 Å². The van der Waals surface area contributed by atoms with E-state index >= 15 is 0 Å². The van der Waals surface area contributed by atoms with Crippen LogP contribution < -0.4 is 0 Å². The Bertz CT molecular complexity index is 517. The van der Waals surface area contributed by atoms with Crippen molar-refractivity contribution in [3.05, 3.63) is 42.1 Å². The van der Waals surface area contributed by atoms with Crippen LogP contribution in [0.2, 0.25) is 0 Å². The molecule has 0 unspecified atom stereocenters. The van der Waals surface area contributed by atoms with Crippen molar-refractivity contribution in [1.82, 2.24) is 4.98 Å². The first-order valence-electron chi connectivity index (χ1n) is 5.76. The molecule has 0 aliphatic heterocycles. The van der Waals surface area contributed by atoms with Gasteiger partial charge in [-0.2, -0.15) is 0 Å². The van der Waals surface area contributed by atoms with Crippen LogP contribution in [-0.4, -0.2) is 16.7 Å². The van der Waals surface area contributed by atoms with E-state index in [1.807, 2.05) is 12.3 Å². The molecule has 1 aromatic carbocycles. The molecule has 2 nitrogen and oxygen atoms in total. The topological polar surface area (TPSA) is 33.1 Å². The molecule has 1 saturated carbocycles. The van der Waals surface area contributed by atoms with Crippen LogP contribution in [-0.2, 0) is 6.42 Å². The van der Waals surface area contributed by atoms with Gasteiger partial charge < -0.3 is 5.11 Å². The Morgan fingerprint density at radius 3 is 2.88 bits per heavy atom. The van der Waals surface area contributed by atoms with Gasteiger partial charge in [0.15, 0.2) is 0 Å². The Morgan fingerprint density at radius 1 is 1.25 bits per heavy atom. The van der Waals surface area contributed by atoms with E-state index in [2.05, 4.69) is 29.2 Å². The molecule has 1 aliphatic carbocycles. The minimum atomic E-state index is 0.190. The summed E-state index contributed by atoms with van der Waals surface area (Å²) in [4.78, 5) is 4.31. The molecule has 16 heavy (non-hydrogen) atoms. The molecular formula is C14H15NO. The second-order valence-electron chi connectivity index (χ2n) is 4.87. The van der Waals surface area contributed by atoms with Crippen molar-refractivity contribution in [3.8, 4) is 0 Å². The fraction of sp³-hybridized carbons (Fsp3) is 0.357.